The number of hydrogen-bond acceptors (Lipinski definition) is 4. The van der Waals surface area contributed by atoms with Crippen LogP contribution >= 0.6 is 24.0 Å². The van der Waals surface area contributed by atoms with Crippen LogP contribution in [0.15, 0.2) is 4.99 Å². The van der Waals surface area contributed by atoms with Crippen LogP contribution in [-0.4, -0.2) is 88.0 Å². The van der Waals surface area contributed by atoms with Gasteiger partial charge >= 0.3 is 0 Å². The second-order valence-corrected chi connectivity index (χ2v) is 7.71. The van der Waals surface area contributed by atoms with Crippen molar-refractivity contribution in [3.63, 3.8) is 0 Å². The van der Waals surface area contributed by atoms with Gasteiger partial charge in [-0.15, -0.1) is 24.0 Å². The maximum absolute atomic E-state index is 5.97. The molecule has 0 radical (unpaired) electrons. The summed E-state index contributed by atoms with van der Waals surface area (Å²) >= 11 is 0. The van der Waals surface area contributed by atoms with E-state index in [4.69, 9.17) is 14.5 Å². The molecule has 2 aliphatic rings. The van der Waals surface area contributed by atoms with Crippen molar-refractivity contribution in [2.75, 3.05) is 66.1 Å². The molecule has 1 N–H and O–H groups in total. The van der Waals surface area contributed by atoms with Crippen molar-refractivity contribution in [2.24, 2.45) is 10.9 Å². The highest BCUT2D eigenvalue weighted by atomic mass is 127. The first-order valence-electron chi connectivity index (χ1n) is 10.6. The van der Waals surface area contributed by atoms with Gasteiger partial charge in [0.2, 0.25) is 0 Å². The summed E-state index contributed by atoms with van der Waals surface area (Å²) in [6.07, 6.45) is 6.26. The van der Waals surface area contributed by atoms with E-state index in [9.17, 15) is 0 Å². The number of ether oxygens (including phenoxy) is 2. The molecule has 0 saturated carbocycles. The fourth-order valence-corrected chi connectivity index (χ4v) is 3.82. The topological polar surface area (TPSA) is 49.3 Å². The van der Waals surface area contributed by atoms with Gasteiger partial charge < -0.3 is 24.6 Å². The average molecular weight is 496 g/mol. The summed E-state index contributed by atoms with van der Waals surface area (Å²) in [6, 6.07) is 0. The first kappa shape index (κ1) is 24.9. The van der Waals surface area contributed by atoms with Gasteiger partial charge in [-0.3, -0.25) is 4.99 Å². The molecule has 2 saturated heterocycles. The smallest absolute Gasteiger partial charge is 0.193 e. The number of nitrogens with one attached hydrogen (secondary N) is 1. The lowest BCUT2D eigenvalue weighted by Gasteiger charge is -2.34. The van der Waals surface area contributed by atoms with Gasteiger partial charge in [-0.1, -0.05) is 6.92 Å². The quantitative estimate of drug-likeness (QED) is 0.218. The third-order valence-corrected chi connectivity index (χ3v) is 5.24. The molecule has 0 aromatic rings. The van der Waals surface area contributed by atoms with Gasteiger partial charge in [0.1, 0.15) is 0 Å². The molecule has 2 fully saturated rings. The van der Waals surface area contributed by atoms with E-state index in [1.165, 1.54) is 32.5 Å². The number of nitrogens with zero attached hydrogens (tertiary/aromatic N) is 3. The molecule has 1 atom stereocenters. The van der Waals surface area contributed by atoms with Crippen LogP contribution in [0, 0.1) is 5.92 Å². The van der Waals surface area contributed by atoms with Crippen molar-refractivity contribution in [3.05, 3.63) is 0 Å². The number of methoxy groups -OCH3 is 1. The standard InChI is InChI=1S/C20H40N4O2.HI/c1-4-21-20(22-16-18(2)17-23-10-5-6-11-23)24-12-8-19(9-13-24)26-15-7-14-25-3;/h18-19H,4-17H2,1-3H3,(H,21,22);1H. The first-order chi connectivity index (χ1) is 12.7. The van der Waals surface area contributed by atoms with Gasteiger partial charge in [-0.2, -0.15) is 0 Å². The Morgan fingerprint density at radius 2 is 1.85 bits per heavy atom. The van der Waals surface area contributed by atoms with Gasteiger partial charge in [0, 0.05) is 53.0 Å². The zero-order valence-electron chi connectivity index (χ0n) is 17.6. The second kappa shape index (κ2) is 14.8. The number of rotatable bonds is 10. The minimum Gasteiger partial charge on any atom is -0.385 e. The minimum atomic E-state index is 0. The van der Waals surface area contributed by atoms with E-state index in [2.05, 4.69) is 29.0 Å². The summed E-state index contributed by atoms with van der Waals surface area (Å²) in [5, 5.41) is 3.48. The molecule has 160 valence electrons. The first-order valence-corrected chi connectivity index (χ1v) is 10.6. The lowest BCUT2D eigenvalue weighted by Crippen LogP contribution is -2.47. The van der Waals surface area contributed by atoms with E-state index in [1.807, 2.05) is 0 Å². The Morgan fingerprint density at radius 1 is 1.15 bits per heavy atom. The Hall–Kier alpha value is -0.120. The minimum absolute atomic E-state index is 0. The maximum Gasteiger partial charge on any atom is 0.193 e. The number of piperidine rings is 1. The molecule has 0 aromatic carbocycles. The van der Waals surface area contributed by atoms with E-state index in [-0.39, 0.29) is 24.0 Å². The highest BCUT2D eigenvalue weighted by molar-refractivity contribution is 14.0. The summed E-state index contributed by atoms with van der Waals surface area (Å²) in [5.41, 5.74) is 0. The predicted octanol–water partition coefficient (Wildman–Crippen LogP) is 2.82. The van der Waals surface area contributed by atoms with Crippen molar-refractivity contribution in [1.82, 2.24) is 15.1 Å². The number of likely N-dealkylation sites (tertiary alicyclic amines) is 2. The zero-order chi connectivity index (χ0) is 18.6. The van der Waals surface area contributed by atoms with Crippen LogP contribution in [0.5, 0.6) is 0 Å². The van der Waals surface area contributed by atoms with Gasteiger partial charge in [0.05, 0.1) is 6.10 Å². The van der Waals surface area contributed by atoms with Crippen LogP contribution in [-0.2, 0) is 9.47 Å². The maximum atomic E-state index is 5.97. The molecule has 6 nitrogen and oxygen atoms in total. The zero-order valence-corrected chi connectivity index (χ0v) is 20.0. The molecular weight excluding hydrogens is 455 g/mol. The SMILES string of the molecule is CCNC(=NCC(C)CN1CCCC1)N1CCC(OCCCOC)CC1.I. The van der Waals surface area contributed by atoms with Gasteiger partial charge in [-0.05, 0) is 58.0 Å². The largest absolute Gasteiger partial charge is 0.385 e. The number of hydrogen-bond donors (Lipinski definition) is 1. The van der Waals surface area contributed by atoms with Crippen molar-refractivity contribution >= 4 is 29.9 Å². The van der Waals surface area contributed by atoms with Crippen LogP contribution in [0.4, 0.5) is 0 Å². The molecule has 0 aromatic heterocycles. The van der Waals surface area contributed by atoms with Crippen molar-refractivity contribution in [1.29, 1.82) is 0 Å². The van der Waals surface area contributed by atoms with Crippen LogP contribution < -0.4 is 5.32 Å². The molecule has 0 amide bonds. The van der Waals surface area contributed by atoms with Crippen molar-refractivity contribution in [3.8, 4) is 0 Å². The molecule has 0 aliphatic carbocycles. The summed E-state index contributed by atoms with van der Waals surface area (Å²) < 4.78 is 11.1. The van der Waals surface area contributed by atoms with Crippen LogP contribution in [0.1, 0.15) is 46.0 Å². The third-order valence-electron chi connectivity index (χ3n) is 5.24. The Bertz CT molecular complexity index is 397. The Kier molecular flexibility index (Phi) is 13.7. The summed E-state index contributed by atoms with van der Waals surface area (Å²) in [7, 11) is 1.74. The van der Waals surface area contributed by atoms with Gasteiger partial charge in [0.15, 0.2) is 5.96 Å². The average Bonchev–Trinajstić information content (AvgIpc) is 3.16. The Morgan fingerprint density at radius 3 is 2.48 bits per heavy atom. The Labute approximate surface area is 183 Å². The highest BCUT2D eigenvalue weighted by Gasteiger charge is 2.22. The molecular formula is C20H41IN4O2. The molecule has 2 heterocycles. The van der Waals surface area contributed by atoms with E-state index in [0.717, 1.165) is 64.6 Å². The molecule has 7 heteroatoms. The van der Waals surface area contributed by atoms with Gasteiger partial charge in [0.25, 0.3) is 0 Å². The van der Waals surface area contributed by atoms with Crippen LogP contribution in [0.25, 0.3) is 0 Å². The second-order valence-electron chi connectivity index (χ2n) is 7.71. The van der Waals surface area contributed by atoms with Gasteiger partial charge in [-0.25, -0.2) is 0 Å². The van der Waals surface area contributed by atoms with Crippen LogP contribution in [0.2, 0.25) is 0 Å². The molecule has 2 aliphatic heterocycles. The van der Waals surface area contributed by atoms with E-state index < -0.39 is 0 Å². The van der Waals surface area contributed by atoms with Crippen molar-refractivity contribution in [2.45, 2.75) is 52.1 Å². The lowest BCUT2D eigenvalue weighted by atomic mass is 10.1. The fraction of sp³-hybridized carbons (Fsp3) is 0.950. The number of guanidine groups is 1. The third kappa shape index (κ3) is 9.76. The molecule has 1 unspecified atom stereocenters. The van der Waals surface area contributed by atoms with Crippen LogP contribution in [0.3, 0.4) is 0 Å². The Balaban J connectivity index is 0.00000364. The summed E-state index contributed by atoms with van der Waals surface area (Å²) in [4.78, 5) is 9.92. The number of halogens is 1. The molecule has 2 rings (SSSR count). The van der Waals surface area contributed by atoms with E-state index in [1.54, 1.807) is 7.11 Å². The molecule has 0 bridgehead atoms. The van der Waals surface area contributed by atoms with E-state index >= 15 is 0 Å². The normalized spacial score (nSPS) is 20.6. The highest BCUT2D eigenvalue weighted by Crippen LogP contribution is 2.15. The number of aliphatic imine (C=N–C) groups is 1. The summed E-state index contributed by atoms with van der Waals surface area (Å²) in [6.45, 7) is 13.7. The monoisotopic (exact) mass is 496 g/mol. The molecule has 27 heavy (non-hydrogen) atoms. The van der Waals surface area contributed by atoms with E-state index in [0.29, 0.717) is 12.0 Å². The predicted molar refractivity (Wildman–Crippen MR) is 123 cm³/mol. The van der Waals surface area contributed by atoms with Crippen molar-refractivity contribution < 1.29 is 9.47 Å². The lowest BCUT2D eigenvalue weighted by molar-refractivity contribution is 0.00989. The summed E-state index contributed by atoms with van der Waals surface area (Å²) in [5.74, 6) is 1.70. The fourth-order valence-electron chi connectivity index (χ4n) is 3.82. The molecule has 0 spiro atoms.